The van der Waals surface area contributed by atoms with E-state index < -0.39 is 28.6 Å². The van der Waals surface area contributed by atoms with Crippen molar-refractivity contribution in [2.75, 3.05) is 15.5 Å². The molecule has 166 valence electrons. The van der Waals surface area contributed by atoms with Gasteiger partial charge in [0.1, 0.15) is 16.5 Å². The van der Waals surface area contributed by atoms with Crippen molar-refractivity contribution in [1.82, 2.24) is 0 Å². The molecular formula is C23H13Cl3FN3O3. The van der Waals surface area contributed by atoms with Crippen molar-refractivity contribution in [1.29, 1.82) is 0 Å². The minimum Gasteiger partial charge on any atom is -0.350 e. The maximum absolute atomic E-state index is 14.2. The number of para-hydroxylation sites is 1. The number of carbonyl (C=O) groups excluding carboxylic acids is 3. The summed E-state index contributed by atoms with van der Waals surface area (Å²) in [6, 6.07) is 16.1. The first kappa shape index (κ1) is 22.8. The molecule has 0 unspecified atom stereocenters. The number of rotatable bonds is 5. The van der Waals surface area contributed by atoms with E-state index in [2.05, 4.69) is 10.6 Å². The van der Waals surface area contributed by atoms with Crippen LogP contribution in [0.15, 0.2) is 77.5 Å². The van der Waals surface area contributed by atoms with E-state index in [1.165, 1.54) is 42.5 Å². The third-order valence-corrected chi connectivity index (χ3v) is 5.42. The van der Waals surface area contributed by atoms with Gasteiger partial charge in [0.15, 0.2) is 0 Å². The van der Waals surface area contributed by atoms with Gasteiger partial charge >= 0.3 is 0 Å². The highest BCUT2D eigenvalue weighted by Crippen LogP contribution is 2.31. The third-order valence-electron chi connectivity index (χ3n) is 4.64. The lowest BCUT2D eigenvalue weighted by molar-refractivity contribution is -0.120. The fourth-order valence-corrected chi connectivity index (χ4v) is 3.91. The maximum atomic E-state index is 14.2. The van der Waals surface area contributed by atoms with Gasteiger partial charge in [0.2, 0.25) is 0 Å². The van der Waals surface area contributed by atoms with Crippen LogP contribution < -0.4 is 15.5 Å². The van der Waals surface area contributed by atoms with Crippen LogP contribution in [0.3, 0.4) is 0 Å². The van der Waals surface area contributed by atoms with Crippen LogP contribution in [0.4, 0.5) is 21.5 Å². The normalized spacial score (nSPS) is 13.5. The maximum Gasteiger partial charge on any atom is 0.283 e. The molecule has 1 heterocycles. The Morgan fingerprint density at radius 1 is 0.818 bits per heavy atom. The molecule has 0 saturated heterocycles. The SMILES string of the molecule is O=C(Nc1cc(Cl)cc(Cl)c1)c1cccc(NC2=C(Cl)C(=O)N(c3ccccc3F)C2=O)c1. The second kappa shape index (κ2) is 9.23. The molecule has 3 aromatic carbocycles. The summed E-state index contributed by atoms with van der Waals surface area (Å²) in [5, 5.41) is 5.76. The lowest BCUT2D eigenvalue weighted by atomic mass is 10.1. The third kappa shape index (κ3) is 4.71. The molecule has 0 fully saturated rings. The predicted molar refractivity (Wildman–Crippen MR) is 126 cm³/mol. The van der Waals surface area contributed by atoms with Gasteiger partial charge in [0, 0.05) is 27.0 Å². The van der Waals surface area contributed by atoms with Gasteiger partial charge in [-0.2, -0.15) is 0 Å². The Bertz CT molecular complexity index is 1320. The van der Waals surface area contributed by atoms with Gasteiger partial charge in [0.25, 0.3) is 17.7 Å². The molecule has 2 N–H and O–H groups in total. The van der Waals surface area contributed by atoms with Gasteiger partial charge in [-0.05, 0) is 48.5 Å². The summed E-state index contributed by atoms with van der Waals surface area (Å²) in [6.45, 7) is 0. The van der Waals surface area contributed by atoms with E-state index in [-0.39, 0.29) is 16.9 Å². The van der Waals surface area contributed by atoms with Gasteiger partial charge in [0.05, 0.1) is 5.69 Å². The van der Waals surface area contributed by atoms with Crippen LogP contribution >= 0.6 is 34.8 Å². The first-order valence-corrected chi connectivity index (χ1v) is 10.6. The Labute approximate surface area is 202 Å². The van der Waals surface area contributed by atoms with Gasteiger partial charge in [-0.1, -0.05) is 53.0 Å². The van der Waals surface area contributed by atoms with Crippen LogP contribution in [0.25, 0.3) is 0 Å². The van der Waals surface area contributed by atoms with E-state index in [1.54, 1.807) is 18.2 Å². The van der Waals surface area contributed by atoms with Crippen molar-refractivity contribution >= 4 is 69.6 Å². The highest BCUT2D eigenvalue weighted by atomic mass is 35.5. The fraction of sp³-hybridized carbons (Fsp3) is 0. The predicted octanol–water partition coefficient (Wildman–Crippen LogP) is 5.82. The number of hydrogen-bond acceptors (Lipinski definition) is 4. The van der Waals surface area contributed by atoms with Crippen molar-refractivity contribution in [3.05, 3.63) is 98.9 Å². The Hall–Kier alpha value is -3.39. The first-order chi connectivity index (χ1) is 15.7. The molecule has 3 aromatic rings. The van der Waals surface area contributed by atoms with Crippen LogP contribution in [0, 0.1) is 5.82 Å². The fourth-order valence-electron chi connectivity index (χ4n) is 3.18. The van der Waals surface area contributed by atoms with Crippen molar-refractivity contribution in [3.63, 3.8) is 0 Å². The lowest BCUT2D eigenvalue weighted by Gasteiger charge is -2.15. The molecule has 1 aliphatic heterocycles. The second-order valence-corrected chi connectivity index (χ2v) is 8.15. The molecule has 33 heavy (non-hydrogen) atoms. The van der Waals surface area contributed by atoms with Crippen LogP contribution in [0.5, 0.6) is 0 Å². The number of nitrogens with zero attached hydrogens (tertiary/aromatic N) is 1. The van der Waals surface area contributed by atoms with Crippen LogP contribution in [-0.2, 0) is 9.59 Å². The highest BCUT2D eigenvalue weighted by molar-refractivity contribution is 6.53. The summed E-state index contributed by atoms with van der Waals surface area (Å²) >= 11 is 18.0. The summed E-state index contributed by atoms with van der Waals surface area (Å²) in [5.41, 5.74) is 0.519. The van der Waals surface area contributed by atoms with E-state index in [4.69, 9.17) is 34.8 Å². The Kier molecular flexibility index (Phi) is 6.37. The Morgan fingerprint density at radius 2 is 1.52 bits per heavy atom. The van der Waals surface area contributed by atoms with Gasteiger partial charge in [-0.15, -0.1) is 0 Å². The minimum atomic E-state index is -0.860. The number of halogens is 4. The van der Waals surface area contributed by atoms with Crippen molar-refractivity contribution in [2.45, 2.75) is 0 Å². The number of imide groups is 1. The van der Waals surface area contributed by atoms with Crippen molar-refractivity contribution < 1.29 is 18.8 Å². The number of anilines is 3. The summed E-state index contributed by atoms with van der Waals surface area (Å²) in [4.78, 5) is 38.7. The summed E-state index contributed by atoms with van der Waals surface area (Å²) < 4.78 is 14.2. The van der Waals surface area contributed by atoms with E-state index in [0.717, 1.165) is 6.07 Å². The molecule has 0 atom stereocenters. The number of amides is 3. The minimum absolute atomic E-state index is 0.212. The smallest absolute Gasteiger partial charge is 0.283 e. The van der Waals surface area contributed by atoms with Crippen LogP contribution in [0.1, 0.15) is 10.4 Å². The lowest BCUT2D eigenvalue weighted by Crippen LogP contribution is -2.33. The van der Waals surface area contributed by atoms with E-state index in [0.29, 0.717) is 26.3 Å². The van der Waals surface area contributed by atoms with Crippen LogP contribution in [-0.4, -0.2) is 17.7 Å². The zero-order chi connectivity index (χ0) is 23.7. The zero-order valence-electron chi connectivity index (χ0n) is 16.5. The monoisotopic (exact) mass is 503 g/mol. The average Bonchev–Trinajstić information content (AvgIpc) is 2.97. The van der Waals surface area contributed by atoms with Gasteiger partial charge in [-0.25, -0.2) is 9.29 Å². The standard InChI is InChI=1S/C23H13Cl3FN3O3/c24-13-9-14(25)11-16(10-13)29-21(31)12-4-3-5-15(8-12)28-20-19(26)22(32)30(23(20)33)18-7-2-1-6-17(18)27/h1-11,28H,(H,29,31). The summed E-state index contributed by atoms with van der Waals surface area (Å²) in [6.07, 6.45) is 0. The average molecular weight is 505 g/mol. The molecule has 0 bridgehead atoms. The van der Waals surface area contributed by atoms with Gasteiger partial charge in [-0.3, -0.25) is 14.4 Å². The van der Waals surface area contributed by atoms with E-state index in [1.807, 2.05) is 0 Å². The summed E-state index contributed by atoms with van der Waals surface area (Å²) in [7, 11) is 0. The molecule has 0 radical (unpaired) electrons. The molecule has 0 aliphatic carbocycles. The highest BCUT2D eigenvalue weighted by Gasteiger charge is 2.40. The summed E-state index contributed by atoms with van der Waals surface area (Å²) in [5.74, 6) is -2.89. The second-order valence-electron chi connectivity index (χ2n) is 6.90. The number of nitrogens with one attached hydrogen (secondary N) is 2. The Balaban J connectivity index is 1.55. The molecule has 3 amide bonds. The number of hydrogen-bond donors (Lipinski definition) is 2. The van der Waals surface area contributed by atoms with Gasteiger partial charge < -0.3 is 10.6 Å². The van der Waals surface area contributed by atoms with Crippen molar-refractivity contribution in [3.8, 4) is 0 Å². The topological polar surface area (TPSA) is 78.5 Å². The zero-order valence-corrected chi connectivity index (χ0v) is 18.8. The Morgan fingerprint density at radius 3 is 2.21 bits per heavy atom. The molecule has 4 rings (SSSR count). The molecule has 0 saturated carbocycles. The first-order valence-electron chi connectivity index (χ1n) is 9.42. The molecule has 0 aromatic heterocycles. The van der Waals surface area contributed by atoms with Crippen LogP contribution in [0.2, 0.25) is 10.0 Å². The molecular weight excluding hydrogens is 492 g/mol. The van der Waals surface area contributed by atoms with Crippen molar-refractivity contribution in [2.24, 2.45) is 0 Å². The molecule has 1 aliphatic rings. The largest absolute Gasteiger partial charge is 0.350 e. The number of carbonyl (C=O) groups is 3. The van der Waals surface area contributed by atoms with E-state index >= 15 is 0 Å². The van der Waals surface area contributed by atoms with E-state index in [9.17, 15) is 18.8 Å². The molecule has 0 spiro atoms. The molecule has 10 heteroatoms. The molecule has 6 nitrogen and oxygen atoms in total. The number of benzene rings is 3. The quantitative estimate of drug-likeness (QED) is 0.429.